The quantitative estimate of drug-likeness (QED) is 0.748. The van der Waals surface area contributed by atoms with Gasteiger partial charge in [-0.15, -0.1) is 0 Å². The highest BCUT2D eigenvalue weighted by molar-refractivity contribution is 5.86. The van der Waals surface area contributed by atoms with Crippen molar-refractivity contribution in [3.63, 3.8) is 0 Å². The predicted octanol–water partition coefficient (Wildman–Crippen LogP) is 0.501. The van der Waals surface area contributed by atoms with E-state index in [4.69, 9.17) is 5.73 Å². The lowest BCUT2D eigenvalue weighted by atomic mass is 9.89. The van der Waals surface area contributed by atoms with Gasteiger partial charge in [-0.3, -0.25) is 9.59 Å². The van der Waals surface area contributed by atoms with Crippen molar-refractivity contribution in [2.24, 2.45) is 11.1 Å². The minimum Gasteiger partial charge on any atom is -0.369 e. The van der Waals surface area contributed by atoms with Crippen LogP contribution >= 0.6 is 0 Å². The van der Waals surface area contributed by atoms with Gasteiger partial charge < -0.3 is 16.4 Å². The van der Waals surface area contributed by atoms with Gasteiger partial charge in [0, 0.05) is 19.6 Å². The highest BCUT2D eigenvalue weighted by Gasteiger charge is 2.29. The van der Waals surface area contributed by atoms with Gasteiger partial charge in [-0.25, -0.2) is 0 Å². The maximum Gasteiger partial charge on any atom is 0.228 e. The van der Waals surface area contributed by atoms with Crippen LogP contribution in [0.3, 0.4) is 0 Å². The van der Waals surface area contributed by atoms with Crippen LogP contribution in [0, 0.1) is 5.41 Å². The van der Waals surface area contributed by atoms with Gasteiger partial charge >= 0.3 is 0 Å². The van der Waals surface area contributed by atoms with Crippen molar-refractivity contribution in [1.82, 2.24) is 10.6 Å². The van der Waals surface area contributed by atoms with Crippen LogP contribution in [-0.2, 0) is 16.1 Å². The van der Waals surface area contributed by atoms with E-state index in [0.29, 0.717) is 6.54 Å². The lowest BCUT2D eigenvalue weighted by Gasteiger charge is -2.27. The zero-order valence-corrected chi connectivity index (χ0v) is 11.9. The smallest absolute Gasteiger partial charge is 0.228 e. The van der Waals surface area contributed by atoms with Crippen molar-refractivity contribution >= 4 is 11.8 Å². The molecule has 1 atom stereocenters. The minimum atomic E-state index is -0.739. The van der Waals surface area contributed by atoms with Crippen LogP contribution in [0.4, 0.5) is 0 Å². The monoisotopic (exact) mass is 275 g/mol. The molecule has 1 aromatic rings. The molecule has 4 N–H and O–H groups in total. The molecule has 0 aromatic heterocycles. The van der Waals surface area contributed by atoms with E-state index in [1.54, 1.807) is 13.8 Å². The second kappa shape index (κ2) is 5.63. The van der Waals surface area contributed by atoms with Crippen LogP contribution in [0.2, 0.25) is 0 Å². The van der Waals surface area contributed by atoms with Crippen LogP contribution in [0.25, 0.3) is 0 Å². The molecule has 1 heterocycles. The number of fused-ring (bicyclic) bond motifs is 1. The van der Waals surface area contributed by atoms with Crippen LogP contribution < -0.4 is 16.4 Å². The van der Waals surface area contributed by atoms with Gasteiger partial charge in [0.2, 0.25) is 11.8 Å². The molecule has 1 unspecified atom stereocenters. The van der Waals surface area contributed by atoms with E-state index in [1.807, 2.05) is 24.3 Å². The van der Waals surface area contributed by atoms with Gasteiger partial charge in [0.1, 0.15) is 0 Å². The average molecular weight is 275 g/mol. The van der Waals surface area contributed by atoms with Gasteiger partial charge in [0.25, 0.3) is 0 Å². The van der Waals surface area contributed by atoms with E-state index in [-0.39, 0.29) is 18.4 Å². The summed E-state index contributed by atoms with van der Waals surface area (Å²) < 4.78 is 0. The number of carbonyl (C=O) groups excluding carboxylic acids is 2. The summed E-state index contributed by atoms with van der Waals surface area (Å²) in [5.74, 6) is -0.706. The summed E-state index contributed by atoms with van der Waals surface area (Å²) in [5.41, 5.74) is 6.77. The number of nitrogens with one attached hydrogen (secondary N) is 2. The first-order chi connectivity index (χ1) is 9.42. The maximum absolute atomic E-state index is 12.3. The molecule has 0 saturated carbocycles. The fourth-order valence-corrected chi connectivity index (χ4v) is 2.25. The number of carbonyl (C=O) groups is 2. The summed E-state index contributed by atoms with van der Waals surface area (Å²) in [4.78, 5) is 23.6. The number of benzene rings is 1. The Balaban J connectivity index is 2.06. The number of hydrogen-bond donors (Lipinski definition) is 3. The zero-order chi connectivity index (χ0) is 14.8. The van der Waals surface area contributed by atoms with Crippen molar-refractivity contribution in [3.8, 4) is 0 Å². The summed E-state index contributed by atoms with van der Waals surface area (Å²) in [6.45, 7) is 5.10. The molecule has 1 aliphatic heterocycles. The number of nitrogens with two attached hydrogens (primary N) is 1. The normalized spacial score (nSPS) is 18.2. The topological polar surface area (TPSA) is 84.2 Å². The molecule has 2 amide bonds. The molecule has 0 fully saturated rings. The number of rotatable bonds is 4. The standard InChI is InChI=1S/C15H21N3O2/c1-15(2,14(16)20)9-18-13(19)12-8-17-7-10-5-3-4-6-11(10)12/h3-6,12,17H,7-9H2,1-2H3,(H2,16,20)(H,18,19). The average Bonchev–Trinajstić information content (AvgIpc) is 2.44. The summed E-state index contributed by atoms with van der Waals surface area (Å²) in [6.07, 6.45) is 0. The fraction of sp³-hybridized carbons (Fsp3) is 0.467. The Morgan fingerprint density at radius 3 is 2.80 bits per heavy atom. The summed E-state index contributed by atoms with van der Waals surface area (Å²) >= 11 is 0. The molecule has 5 heteroatoms. The molecule has 108 valence electrons. The molecular weight excluding hydrogens is 254 g/mol. The third kappa shape index (κ3) is 2.99. The maximum atomic E-state index is 12.3. The van der Waals surface area contributed by atoms with E-state index in [2.05, 4.69) is 10.6 Å². The van der Waals surface area contributed by atoms with Gasteiger partial charge in [-0.2, -0.15) is 0 Å². The van der Waals surface area contributed by atoms with Crippen LogP contribution in [0.1, 0.15) is 30.9 Å². The molecule has 1 aliphatic rings. The molecule has 0 bridgehead atoms. The first kappa shape index (κ1) is 14.5. The minimum absolute atomic E-state index is 0.0704. The Labute approximate surface area is 118 Å². The fourth-order valence-electron chi connectivity index (χ4n) is 2.25. The van der Waals surface area contributed by atoms with E-state index < -0.39 is 11.3 Å². The van der Waals surface area contributed by atoms with E-state index in [0.717, 1.165) is 17.7 Å². The Morgan fingerprint density at radius 2 is 2.10 bits per heavy atom. The lowest BCUT2D eigenvalue weighted by molar-refractivity contribution is -0.127. The Kier molecular flexibility index (Phi) is 4.09. The third-order valence-corrected chi connectivity index (χ3v) is 3.78. The van der Waals surface area contributed by atoms with Gasteiger partial charge in [0.05, 0.1) is 11.3 Å². The van der Waals surface area contributed by atoms with Crippen LogP contribution in [-0.4, -0.2) is 24.9 Å². The molecule has 0 spiro atoms. The van der Waals surface area contributed by atoms with Crippen molar-refractivity contribution in [2.75, 3.05) is 13.1 Å². The predicted molar refractivity (Wildman–Crippen MR) is 76.9 cm³/mol. The largest absolute Gasteiger partial charge is 0.369 e. The number of amides is 2. The molecule has 0 aliphatic carbocycles. The highest BCUT2D eigenvalue weighted by Crippen LogP contribution is 2.24. The summed E-state index contributed by atoms with van der Waals surface area (Å²) in [7, 11) is 0. The summed E-state index contributed by atoms with van der Waals surface area (Å²) in [6, 6.07) is 7.92. The Bertz CT molecular complexity index is 526. The second-order valence-corrected chi connectivity index (χ2v) is 5.85. The first-order valence-electron chi connectivity index (χ1n) is 6.78. The van der Waals surface area contributed by atoms with Gasteiger partial charge in [-0.05, 0) is 25.0 Å². The lowest BCUT2D eigenvalue weighted by Crippen LogP contribution is -2.45. The van der Waals surface area contributed by atoms with Crippen molar-refractivity contribution in [3.05, 3.63) is 35.4 Å². The number of hydrogen-bond acceptors (Lipinski definition) is 3. The summed E-state index contributed by atoms with van der Waals surface area (Å²) in [5, 5.41) is 6.07. The van der Waals surface area contributed by atoms with Crippen LogP contribution in [0.15, 0.2) is 24.3 Å². The molecular formula is C15H21N3O2. The van der Waals surface area contributed by atoms with Gasteiger partial charge in [0.15, 0.2) is 0 Å². The zero-order valence-electron chi connectivity index (χ0n) is 11.9. The molecule has 5 nitrogen and oxygen atoms in total. The SMILES string of the molecule is CC(C)(CNC(=O)C1CNCc2ccccc21)C(N)=O. The number of primary amides is 1. The Hall–Kier alpha value is -1.88. The highest BCUT2D eigenvalue weighted by atomic mass is 16.2. The molecule has 0 saturated heterocycles. The van der Waals surface area contributed by atoms with Crippen molar-refractivity contribution < 1.29 is 9.59 Å². The molecule has 1 aromatic carbocycles. The Morgan fingerprint density at radius 1 is 1.40 bits per heavy atom. The van der Waals surface area contributed by atoms with Crippen molar-refractivity contribution in [1.29, 1.82) is 0 Å². The van der Waals surface area contributed by atoms with Gasteiger partial charge in [-0.1, -0.05) is 24.3 Å². The third-order valence-electron chi connectivity index (χ3n) is 3.78. The molecule has 0 radical (unpaired) electrons. The molecule has 20 heavy (non-hydrogen) atoms. The second-order valence-electron chi connectivity index (χ2n) is 5.85. The van der Waals surface area contributed by atoms with E-state index >= 15 is 0 Å². The van der Waals surface area contributed by atoms with Crippen molar-refractivity contribution in [2.45, 2.75) is 26.3 Å². The van der Waals surface area contributed by atoms with E-state index in [1.165, 1.54) is 0 Å². The van der Waals surface area contributed by atoms with E-state index in [9.17, 15) is 9.59 Å². The molecule has 2 rings (SSSR count). The van der Waals surface area contributed by atoms with Crippen LogP contribution in [0.5, 0.6) is 0 Å². The first-order valence-corrected chi connectivity index (χ1v) is 6.78.